The monoisotopic (exact) mass is 235 g/mol. The molecule has 1 aliphatic heterocycles. The van der Waals surface area contributed by atoms with E-state index < -0.39 is 5.97 Å². The van der Waals surface area contributed by atoms with E-state index in [-0.39, 0.29) is 18.1 Å². The predicted octanol–water partition coefficient (Wildman–Crippen LogP) is 1.36. The summed E-state index contributed by atoms with van der Waals surface area (Å²) in [6, 6.07) is 10.1. The lowest BCUT2D eigenvalue weighted by Crippen LogP contribution is -2.53. The number of rotatable bonds is 3. The minimum Gasteiger partial charge on any atom is -0.481 e. The fourth-order valence-corrected chi connectivity index (χ4v) is 2.05. The summed E-state index contributed by atoms with van der Waals surface area (Å²) < 4.78 is 5.62. The van der Waals surface area contributed by atoms with E-state index in [1.165, 1.54) is 0 Å². The van der Waals surface area contributed by atoms with Crippen LogP contribution in [0.4, 0.5) is 0 Å². The van der Waals surface area contributed by atoms with Gasteiger partial charge in [0.15, 0.2) is 0 Å². The molecule has 92 valence electrons. The Kier molecular flexibility index (Phi) is 3.45. The van der Waals surface area contributed by atoms with Crippen LogP contribution >= 0.6 is 0 Å². The smallest absolute Gasteiger partial charge is 0.306 e. The number of hydrogen-bond donors (Lipinski definition) is 2. The van der Waals surface area contributed by atoms with Gasteiger partial charge < -0.3 is 15.2 Å². The number of morpholine rings is 1. The molecule has 1 aliphatic rings. The fourth-order valence-electron chi connectivity index (χ4n) is 2.05. The van der Waals surface area contributed by atoms with Gasteiger partial charge in [0, 0.05) is 6.54 Å². The van der Waals surface area contributed by atoms with Gasteiger partial charge in [0.05, 0.1) is 24.7 Å². The van der Waals surface area contributed by atoms with Crippen molar-refractivity contribution in [1.29, 1.82) is 0 Å². The van der Waals surface area contributed by atoms with E-state index in [0.717, 1.165) is 5.56 Å². The van der Waals surface area contributed by atoms with E-state index in [1.54, 1.807) is 0 Å². The molecule has 0 saturated carbocycles. The molecule has 1 saturated heterocycles. The summed E-state index contributed by atoms with van der Waals surface area (Å²) in [5.74, 6) is -0.819. The van der Waals surface area contributed by atoms with Gasteiger partial charge in [-0.15, -0.1) is 0 Å². The molecule has 2 unspecified atom stereocenters. The number of carbonyl (C=O) groups is 1. The van der Waals surface area contributed by atoms with Crippen LogP contribution in [-0.2, 0) is 15.1 Å². The second-order valence-electron chi connectivity index (χ2n) is 4.61. The van der Waals surface area contributed by atoms with Crippen LogP contribution in [0.3, 0.4) is 0 Å². The first-order valence-electron chi connectivity index (χ1n) is 5.74. The van der Waals surface area contributed by atoms with Crippen molar-refractivity contribution in [1.82, 2.24) is 5.32 Å². The van der Waals surface area contributed by atoms with Gasteiger partial charge in [0.1, 0.15) is 0 Å². The van der Waals surface area contributed by atoms with Crippen molar-refractivity contribution in [3.05, 3.63) is 35.9 Å². The molecule has 0 amide bonds. The van der Waals surface area contributed by atoms with Crippen LogP contribution in [0.2, 0.25) is 0 Å². The second kappa shape index (κ2) is 4.85. The van der Waals surface area contributed by atoms with E-state index in [2.05, 4.69) is 12.2 Å². The average molecular weight is 235 g/mol. The standard InChI is InChI=1S/C13H17NO3/c1-13(10-5-3-2-4-6-10)9-17-11(8-14-13)7-12(15)16/h2-6,11,14H,7-9H2,1H3,(H,15,16). The Hall–Kier alpha value is -1.39. The zero-order valence-corrected chi connectivity index (χ0v) is 9.85. The minimum atomic E-state index is -0.819. The molecule has 0 spiro atoms. The zero-order valence-electron chi connectivity index (χ0n) is 9.85. The summed E-state index contributed by atoms with van der Waals surface area (Å²) in [5, 5.41) is 12.1. The first kappa shape index (κ1) is 12.1. The highest BCUT2D eigenvalue weighted by Gasteiger charge is 2.33. The topological polar surface area (TPSA) is 58.6 Å². The van der Waals surface area contributed by atoms with Crippen molar-refractivity contribution >= 4 is 5.97 Å². The number of carboxylic acid groups (broad SMARTS) is 1. The third kappa shape index (κ3) is 2.84. The van der Waals surface area contributed by atoms with Crippen LogP contribution < -0.4 is 5.32 Å². The van der Waals surface area contributed by atoms with Crippen molar-refractivity contribution in [2.24, 2.45) is 0 Å². The van der Waals surface area contributed by atoms with Crippen LogP contribution in [0.5, 0.6) is 0 Å². The van der Waals surface area contributed by atoms with Gasteiger partial charge in [-0.2, -0.15) is 0 Å². The molecule has 4 nitrogen and oxygen atoms in total. The number of benzene rings is 1. The van der Waals surface area contributed by atoms with Crippen LogP contribution in [-0.4, -0.2) is 30.3 Å². The predicted molar refractivity (Wildman–Crippen MR) is 63.8 cm³/mol. The Balaban J connectivity index is 2.00. The van der Waals surface area contributed by atoms with E-state index in [0.29, 0.717) is 13.2 Å². The molecule has 2 rings (SSSR count). The first-order valence-corrected chi connectivity index (χ1v) is 5.74. The lowest BCUT2D eigenvalue weighted by Gasteiger charge is -2.38. The van der Waals surface area contributed by atoms with Gasteiger partial charge in [-0.3, -0.25) is 4.79 Å². The maximum absolute atomic E-state index is 10.6. The summed E-state index contributed by atoms with van der Waals surface area (Å²) in [6.07, 6.45) is -0.179. The summed E-state index contributed by atoms with van der Waals surface area (Å²) in [7, 11) is 0. The molecular weight excluding hydrogens is 218 g/mol. The molecule has 2 N–H and O–H groups in total. The molecule has 17 heavy (non-hydrogen) atoms. The van der Waals surface area contributed by atoms with Gasteiger partial charge in [0.2, 0.25) is 0 Å². The largest absolute Gasteiger partial charge is 0.481 e. The second-order valence-corrected chi connectivity index (χ2v) is 4.61. The number of nitrogens with one attached hydrogen (secondary N) is 1. The van der Waals surface area contributed by atoms with Crippen molar-refractivity contribution in [2.75, 3.05) is 13.2 Å². The molecule has 0 radical (unpaired) electrons. The Morgan fingerprint density at radius 1 is 1.53 bits per heavy atom. The summed E-state index contributed by atoms with van der Waals surface area (Å²) in [5.41, 5.74) is 0.935. The molecule has 1 aromatic rings. The number of ether oxygens (including phenoxy) is 1. The van der Waals surface area contributed by atoms with Gasteiger partial charge in [0.25, 0.3) is 0 Å². The summed E-state index contributed by atoms with van der Waals surface area (Å²) in [6.45, 7) is 3.13. The highest BCUT2D eigenvalue weighted by molar-refractivity contribution is 5.67. The third-order valence-corrected chi connectivity index (χ3v) is 3.14. The first-order chi connectivity index (χ1) is 8.10. The van der Waals surface area contributed by atoms with Gasteiger partial charge in [-0.05, 0) is 12.5 Å². The third-order valence-electron chi connectivity index (χ3n) is 3.14. The molecule has 0 bridgehead atoms. The van der Waals surface area contributed by atoms with Crippen molar-refractivity contribution < 1.29 is 14.6 Å². The van der Waals surface area contributed by atoms with E-state index in [9.17, 15) is 4.79 Å². The number of carboxylic acids is 1. The maximum atomic E-state index is 10.6. The Bertz CT molecular complexity index is 383. The Morgan fingerprint density at radius 2 is 2.24 bits per heavy atom. The summed E-state index contributed by atoms with van der Waals surface area (Å²) in [4.78, 5) is 10.6. The lowest BCUT2D eigenvalue weighted by atomic mass is 9.91. The van der Waals surface area contributed by atoms with Crippen LogP contribution in [0.15, 0.2) is 30.3 Å². The Morgan fingerprint density at radius 3 is 2.76 bits per heavy atom. The molecular formula is C13H17NO3. The fraction of sp³-hybridized carbons (Fsp3) is 0.462. The van der Waals surface area contributed by atoms with E-state index >= 15 is 0 Å². The van der Waals surface area contributed by atoms with Crippen LogP contribution in [0.1, 0.15) is 18.9 Å². The summed E-state index contributed by atoms with van der Waals surface area (Å²) >= 11 is 0. The molecule has 1 aromatic carbocycles. The molecule has 1 heterocycles. The normalized spacial score (nSPS) is 28.9. The van der Waals surface area contributed by atoms with E-state index in [4.69, 9.17) is 9.84 Å². The van der Waals surface area contributed by atoms with Crippen molar-refractivity contribution in [3.63, 3.8) is 0 Å². The maximum Gasteiger partial charge on any atom is 0.306 e. The highest BCUT2D eigenvalue weighted by atomic mass is 16.5. The van der Waals surface area contributed by atoms with Gasteiger partial charge >= 0.3 is 5.97 Å². The average Bonchev–Trinajstić information content (AvgIpc) is 2.33. The molecule has 0 aliphatic carbocycles. The molecule has 4 heteroatoms. The van der Waals surface area contributed by atoms with Gasteiger partial charge in [-0.25, -0.2) is 0 Å². The van der Waals surface area contributed by atoms with Crippen LogP contribution in [0.25, 0.3) is 0 Å². The quantitative estimate of drug-likeness (QED) is 0.830. The number of hydrogen-bond acceptors (Lipinski definition) is 3. The van der Waals surface area contributed by atoms with Crippen LogP contribution in [0, 0.1) is 0 Å². The zero-order chi connectivity index (χ0) is 12.3. The van der Waals surface area contributed by atoms with E-state index in [1.807, 2.05) is 30.3 Å². The van der Waals surface area contributed by atoms with Crippen molar-refractivity contribution in [2.45, 2.75) is 25.0 Å². The minimum absolute atomic E-state index is 0.0534. The van der Waals surface area contributed by atoms with Crippen molar-refractivity contribution in [3.8, 4) is 0 Å². The number of aliphatic carboxylic acids is 1. The molecule has 2 atom stereocenters. The Labute approximate surface area is 101 Å². The van der Waals surface area contributed by atoms with Gasteiger partial charge in [-0.1, -0.05) is 30.3 Å². The highest BCUT2D eigenvalue weighted by Crippen LogP contribution is 2.25. The molecule has 0 aromatic heterocycles. The molecule has 1 fully saturated rings. The lowest BCUT2D eigenvalue weighted by molar-refractivity contribution is -0.142. The SMILES string of the molecule is CC1(c2ccccc2)COC(CC(=O)O)CN1.